The van der Waals surface area contributed by atoms with E-state index in [1.165, 1.54) is 6.07 Å². The molecule has 1 aliphatic heterocycles. The van der Waals surface area contributed by atoms with E-state index >= 15 is 0 Å². The maximum Gasteiger partial charge on any atom is 0.338 e. The number of fused-ring (bicyclic) bond motifs is 3. The molecule has 7 heteroatoms. The molecular formula is C26H17ClN2O4. The minimum absolute atomic E-state index is 0.0735. The van der Waals surface area contributed by atoms with E-state index in [1.54, 1.807) is 67.6 Å². The molecule has 6 nitrogen and oxygen atoms in total. The van der Waals surface area contributed by atoms with Gasteiger partial charge in [-0.05, 0) is 48.9 Å². The molecule has 162 valence electrons. The molecule has 0 aliphatic carbocycles. The van der Waals surface area contributed by atoms with E-state index in [4.69, 9.17) is 16.3 Å². The van der Waals surface area contributed by atoms with Gasteiger partial charge in [-0.1, -0.05) is 48.0 Å². The molecule has 4 aromatic rings. The van der Waals surface area contributed by atoms with Gasteiger partial charge < -0.3 is 4.74 Å². The zero-order valence-electron chi connectivity index (χ0n) is 17.5. The van der Waals surface area contributed by atoms with Crippen LogP contribution in [0.2, 0.25) is 5.02 Å². The van der Waals surface area contributed by atoms with Gasteiger partial charge in [-0.2, -0.15) is 0 Å². The largest absolute Gasteiger partial charge is 0.457 e. The van der Waals surface area contributed by atoms with E-state index in [0.29, 0.717) is 32.9 Å². The second-order valence-corrected chi connectivity index (χ2v) is 8.10. The van der Waals surface area contributed by atoms with Crippen molar-refractivity contribution in [2.24, 2.45) is 0 Å². The van der Waals surface area contributed by atoms with Crippen LogP contribution < -0.4 is 4.90 Å². The Hall–Kier alpha value is -4.03. The SMILES string of the molecule is Cc1nc2ccccc2c2c1C(=O)N(c1cccc(C(=O)OCc3ccc(Cl)cc3)c1)C2=O. The lowest BCUT2D eigenvalue weighted by atomic mass is 10.0. The highest BCUT2D eigenvalue weighted by molar-refractivity contribution is 6.37. The van der Waals surface area contributed by atoms with Crippen molar-refractivity contribution in [3.8, 4) is 0 Å². The highest BCUT2D eigenvalue weighted by Crippen LogP contribution is 2.34. The summed E-state index contributed by atoms with van der Waals surface area (Å²) in [5.74, 6) is -1.47. The number of amides is 2. The van der Waals surface area contributed by atoms with Gasteiger partial charge in [0.25, 0.3) is 11.8 Å². The number of para-hydroxylation sites is 1. The van der Waals surface area contributed by atoms with E-state index in [2.05, 4.69) is 4.98 Å². The van der Waals surface area contributed by atoms with Crippen molar-refractivity contribution in [3.05, 3.63) is 106 Å². The minimum atomic E-state index is -0.563. The second-order valence-electron chi connectivity index (χ2n) is 7.66. The van der Waals surface area contributed by atoms with Crippen LogP contribution in [0.5, 0.6) is 0 Å². The monoisotopic (exact) mass is 456 g/mol. The Balaban J connectivity index is 1.45. The maximum atomic E-state index is 13.3. The topological polar surface area (TPSA) is 76.6 Å². The summed E-state index contributed by atoms with van der Waals surface area (Å²) in [7, 11) is 0. The molecule has 0 unspecified atom stereocenters. The van der Waals surface area contributed by atoms with Gasteiger partial charge in [-0.15, -0.1) is 0 Å². The molecule has 0 radical (unpaired) electrons. The third-order valence-corrected chi connectivity index (χ3v) is 5.78. The Morgan fingerprint density at radius 3 is 2.45 bits per heavy atom. The van der Waals surface area contributed by atoms with Crippen LogP contribution >= 0.6 is 11.6 Å². The Labute approximate surface area is 194 Å². The quantitative estimate of drug-likeness (QED) is 0.305. The molecule has 33 heavy (non-hydrogen) atoms. The Kier molecular flexibility index (Phi) is 5.15. The molecule has 1 aromatic heterocycles. The van der Waals surface area contributed by atoms with Gasteiger partial charge in [0.1, 0.15) is 6.61 Å². The predicted octanol–water partition coefficient (Wildman–Crippen LogP) is 5.35. The Morgan fingerprint density at radius 2 is 1.67 bits per heavy atom. The van der Waals surface area contributed by atoms with E-state index in [1.807, 2.05) is 6.07 Å². The number of benzene rings is 3. The molecule has 2 amide bonds. The van der Waals surface area contributed by atoms with Crippen molar-refractivity contribution in [2.45, 2.75) is 13.5 Å². The first-order chi connectivity index (χ1) is 15.9. The number of esters is 1. The number of imide groups is 1. The molecule has 0 bridgehead atoms. The van der Waals surface area contributed by atoms with Crippen LogP contribution in [0.25, 0.3) is 10.9 Å². The van der Waals surface area contributed by atoms with Crippen molar-refractivity contribution in [2.75, 3.05) is 4.90 Å². The van der Waals surface area contributed by atoms with Crippen molar-refractivity contribution in [3.63, 3.8) is 0 Å². The first-order valence-electron chi connectivity index (χ1n) is 10.2. The van der Waals surface area contributed by atoms with E-state index in [-0.39, 0.29) is 17.7 Å². The van der Waals surface area contributed by atoms with E-state index in [9.17, 15) is 14.4 Å². The first kappa shape index (κ1) is 20.8. The molecule has 3 aromatic carbocycles. The number of carbonyl (C=O) groups is 3. The lowest BCUT2D eigenvalue weighted by molar-refractivity contribution is 0.0472. The Morgan fingerprint density at radius 1 is 0.939 bits per heavy atom. The van der Waals surface area contributed by atoms with Gasteiger partial charge in [0.05, 0.1) is 33.6 Å². The van der Waals surface area contributed by atoms with Crippen LogP contribution in [0.15, 0.2) is 72.8 Å². The molecular weight excluding hydrogens is 440 g/mol. The van der Waals surface area contributed by atoms with Gasteiger partial charge in [-0.25, -0.2) is 9.69 Å². The molecule has 1 aliphatic rings. The van der Waals surface area contributed by atoms with Crippen LogP contribution in [0.4, 0.5) is 5.69 Å². The Bertz CT molecular complexity index is 1450. The van der Waals surface area contributed by atoms with E-state index in [0.717, 1.165) is 10.5 Å². The molecule has 0 saturated carbocycles. The fourth-order valence-corrected chi connectivity index (χ4v) is 4.08. The minimum Gasteiger partial charge on any atom is -0.457 e. The predicted molar refractivity (Wildman–Crippen MR) is 125 cm³/mol. The number of hydrogen-bond acceptors (Lipinski definition) is 5. The molecule has 0 N–H and O–H groups in total. The van der Waals surface area contributed by atoms with Crippen LogP contribution in [0.3, 0.4) is 0 Å². The normalized spacial score (nSPS) is 12.8. The van der Waals surface area contributed by atoms with Crippen molar-refractivity contribution in [1.82, 2.24) is 4.98 Å². The number of rotatable bonds is 4. The van der Waals surface area contributed by atoms with Gasteiger partial charge in [0.15, 0.2) is 0 Å². The molecule has 0 atom stereocenters. The number of nitrogens with zero attached hydrogens (tertiary/aromatic N) is 2. The molecule has 0 saturated heterocycles. The zero-order valence-corrected chi connectivity index (χ0v) is 18.3. The zero-order chi connectivity index (χ0) is 23.1. The number of hydrogen-bond donors (Lipinski definition) is 0. The summed E-state index contributed by atoms with van der Waals surface area (Å²) in [6.45, 7) is 1.79. The molecule has 0 spiro atoms. The highest BCUT2D eigenvalue weighted by Gasteiger charge is 2.40. The fourth-order valence-electron chi connectivity index (χ4n) is 3.95. The number of aromatic nitrogens is 1. The third-order valence-electron chi connectivity index (χ3n) is 5.53. The van der Waals surface area contributed by atoms with Crippen molar-refractivity contribution < 1.29 is 19.1 Å². The van der Waals surface area contributed by atoms with Gasteiger partial charge in [0.2, 0.25) is 0 Å². The smallest absolute Gasteiger partial charge is 0.338 e. The number of anilines is 1. The van der Waals surface area contributed by atoms with Gasteiger partial charge in [0, 0.05) is 10.4 Å². The summed E-state index contributed by atoms with van der Waals surface area (Å²) < 4.78 is 5.38. The average Bonchev–Trinajstić information content (AvgIpc) is 3.09. The fraction of sp³-hybridized carbons (Fsp3) is 0.0769. The number of aryl methyl sites for hydroxylation is 1. The summed E-state index contributed by atoms with van der Waals surface area (Å²) >= 11 is 5.88. The lowest BCUT2D eigenvalue weighted by Gasteiger charge is -2.15. The second kappa shape index (κ2) is 8.15. The van der Waals surface area contributed by atoms with E-state index < -0.39 is 17.8 Å². The molecule has 0 fully saturated rings. The maximum absolute atomic E-state index is 13.3. The standard InChI is InChI=1S/C26H17ClN2O4/c1-15-22-23(20-7-2-3-8-21(20)28-15)25(31)29(24(22)30)19-6-4-5-17(13-19)26(32)33-14-16-9-11-18(27)12-10-16/h2-13H,14H2,1H3. The van der Waals surface area contributed by atoms with Gasteiger partial charge in [-0.3, -0.25) is 14.6 Å². The van der Waals surface area contributed by atoms with Crippen LogP contribution in [-0.2, 0) is 11.3 Å². The van der Waals surface area contributed by atoms with Gasteiger partial charge >= 0.3 is 5.97 Å². The third kappa shape index (κ3) is 3.64. The average molecular weight is 457 g/mol. The van der Waals surface area contributed by atoms with Crippen molar-refractivity contribution >= 4 is 46.0 Å². The van der Waals surface area contributed by atoms with Crippen LogP contribution in [0, 0.1) is 6.92 Å². The van der Waals surface area contributed by atoms with Crippen LogP contribution in [0.1, 0.15) is 42.3 Å². The number of pyridine rings is 1. The summed E-state index contributed by atoms with van der Waals surface area (Å²) in [6.07, 6.45) is 0. The first-order valence-corrected chi connectivity index (χ1v) is 10.6. The van der Waals surface area contributed by atoms with Crippen molar-refractivity contribution in [1.29, 1.82) is 0 Å². The number of halogens is 1. The highest BCUT2D eigenvalue weighted by atomic mass is 35.5. The van der Waals surface area contributed by atoms with Crippen LogP contribution in [-0.4, -0.2) is 22.8 Å². The summed E-state index contributed by atoms with van der Waals surface area (Å²) in [4.78, 5) is 44.8. The number of carbonyl (C=O) groups excluding carboxylic acids is 3. The number of ether oxygens (including phenoxy) is 1. The summed E-state index contributed by atoms with van der Waals surface area (Å²) in [6, 6.07) is 20.5. The lowest BCUT2D eigenvalue weighted by Crippen LogP contribution is -2.29. The summed E-state index contributed by atoms with van der Waals surface area (Å²) in [5.41, 5.74) is 3.08. The molecule has 2 heterocycles. The molecule has 5 rings (SSSR count). The summed E-state index contributed by atoms with van der Waals surface area (Å²) in [5, 5.41) is 1.22.